The Kier molecular flexibility index (Phi) is 30.5. The molecule has 0 N–H and O–H groups in total. The van der Waals surface area contributed by atoms with E-state index in [0.29, 0.717) is 23.7 Å². The van der Waals surface area contributed by atoms with Crippen molar-refractivity contribution in [1.29, 1.82) is 0 Å². The van der Waals surface area contributed by atoms with Crippen LogP contribution < -0.4 is 0 Å². The lowest BCUT2D eigenvalue weighted by atomic mass is 9.85. The van der Waals surface area contributed by atoms with E-state index in [1.807, 2.05) is 85.0 Å². The summed E-state index contributed by atoms with van der Waals surface area (Å²) in [6, 6.07) is 28.7. The molecular formula is C102H124N6O12. The van der Waals surface area contributed by atoms with Crippen molar-refractivity contribution in [3.05, 3.63) is 256 Å². The maximum absolute atomic E-state index is 13.0. The first kappa shape index (κ1) is 90.2. The fourth-order valence-electron chi connectivity index (χ4n) is 21.3. The van der Waals surface area contributed by atoms with E-state index in [0.717, 1.165) is 94.6 Å². The summed E-state index contributed by atoms with van der Waals surface area (Å²) in [5, 5.41) is 0. The summed E-state index contributed by atoms with van der Waals surface area (Å²) in [7, 11) is 3.20. The third-order valence-electron chi connectivity index (χ3n) is 27.4. The van der Waals surface area contributed by atoms with E-state index >= 15 is 0 Å². The SMILES string of the molecule is C=CCC.C=CCC.C=CCC.C=CCC.C=CCC.C=CCC.CN1C(=O)C2C3C=CC(C3)C2C1=O.CN1C(=O)C2C3C=CC(C3)C2C1=O.O=C1C2C3C=CC(C3)C2C(=O)N1CN1C(=O)C2C3C=CC(C3)C2C1=O.O=C1C2C3C=CC(C3)C2C(=O)N1Cc1cccc(CN2C(=O)C3C4C=CC(C4)C3C2=O)c1.c1ccc(Cc2ccccc2)cc1. The molecule has 0 aromatic heterocycles. The monoisotopic (exact) mass is 1620 g/mol. The second kappa shape index (κ2) is 40.6. The topological polar surface area (TPSA) is 224 Å². The van der Waals surface area contributed by atoms with Crippen LogP contribution in [0, 0.1) is 142 Å². The average molecular weight is 1630 g/mol. The van der Waals surface area contributed by atoms with Gasteiger partial charge in [-0.3, -0.25) is 86.9 Å². The molecule has 12 fully saturated rings. The average Bonchev–Trinajstić information content (AvgIpc) is 1.52. The van der Waals surface area contributed by atoms with Crippen molar-refractivity contribution in [2.45, 2.75) is 138 Å². The maximum Gasteiger partial charge on any atom is 0.235 e. The van der Waals surface area contributed by atoms with E-state index in [1.165, 1.54) is 40.5 Å². The molecule has 18 aliphatic rings. The first-order valence-electron chi connectivity index (χ1n) is 43.9. The molecule has 12 bridgehead atoms. The predicted molar refractivity (Wildman–Crippen MR) is 467 cm³/mol. The van der Waals surface area contributed by atoms with Crippen LogP contribution in [0.1, 0.15) is 141 Å². The Hall–Kier alpha value is -10.6. The van der Waals surface area contributed by atoms with Crippen molar-refractivity contribution >= 4 is 70.9 Å². The van der Waals surface area contributed by atoms with Gasteiger partial charge in [0.15, 0.2) is 0 Å². The van der Waals surface area contributed by atoms with Gasteiger partial charge < -0.3 is 0 Å². The van der Waals surface area contributed by atoms with Gasteiger partial charge in [0.1, 0.15) is 6.67 Å². The summed E-state index contributed by atoms with van der Waals surface area (Å²) >= 11 is 0. The molecule has 6 aliphatic heterocycles. The van der Waals surface area contributed by atoms with Crippen LogP contribution in [-0.4, -0.2) is 121 Å². The zero-order chi connectivity index (χ0) is 86.5. The fraction of sp³-hybridized carbons (Fsp3) is 0.471. The van der Waals surface area contributed by atoms with Crippen LogP contribution >= 0.6 is 0 Å². The molecular weight excluding hydrogens is 1500 g/mol. The summed E-state index contributed by atoms with van der Waals surface area (Å²) in [4.78, 5) is 158. The molecule has 12 amide bonds. The Labute approximate surface area is 710 Å². The molecule has 18 heteroatoms. The summed E-state index contributed by atoms with van der Waals surface area (Å²) in [5.41, 5.74) is 4.44. The van der Waals surface area contributed by atoms with Crippen molar-refractivity contribution in [3.8, 4) is 0 Å². The molecule has 18 nitrogen and oxygen atoms in total. The number of imide groups is 6. The second-order valence-corrected chi connectivity index (χ2v) is 34.5. The summed E-state index contributed by atoms with van der Waals surface area (Å²) < 4.78 is 0. The molecule has 6 saturated heterocycles. The number of hydrogen-bond acceptors (Lipinski definition) is 12. The number of likely N-dealkylation sites (tertiary alicyclic amines) is 6. The van der Waals surface area contributed by atoms with Crippen LogP contribution in [0.4, 0.5) is 0 Å². The van der Waals surface area contributed by atoms with E-state index in [1.54, 1.807) is 14.1 Å². The smallest absolute Gasteiger partial charge is 0.235 e. The highest BCUT2D eigenvalue weighted by Crippen LogP contribution is 2.58. The zero-order valence-electron chi connectivity index (χ0n) is 71.5. The molecule has 24 atom stereocenters. The van der Waals surface area contributed by atoms with Crippen LogP contribution in [0.2, 0.25) is 0 Å². The van der Waals surface area contributed by atoms with Crippen LogP contribution in [0.5, 0.6) is 0 Å². The molecule has 6 saturated carbocycles. The van der Waals surface area contributed by atoms with Crippen LogP contribution in [0.15, 0.2) is 234 Å². The van der Waals surface area contributed by atoms with Gasteiger partial charge in [0.05, 0.1) is 84.1 Å². The Balaban J connectivity index is 0.000000142. The lowest BCUT2D eigenvalue weighted by Gasteiger charge is -2.24. The second-order valence-electron chi connectivity index (χ2n) is 34.5. The minimum atomic E-state index is -0.285. The Morgan fingerprint density at radius 1 is 0.250 bits per heavy atom. The molecule has 3 aromatic rings. The molecule has 634 valence electrons. The molecule has 6 heterocycles. The predicted octanol–water partition coefficient (Wildman–Crippen LogP) is 16.5. The first-order chi connectivity index (χ1) is 57.9. The third-order valence-corrected chi connectivity index (χ3v) is 27.4. The van der Waals surface area contributed by atoms with Crippen molar-refractivity contribution < 1.29 is 57.5 Å². The molecule has 120 heavy (non-hydrogen) atoms. The van der Waals surface area contributed by atoms with Crippen molar-refractivity contribution in [3.63, 3.8) is 0 Å². The van der Waals surface area contributed by atoms with E-state index < -0.39 is 0 Å². The van der Waals surface area contributed by atoms with E-state index in [9.17, 15) is 57.5 Å². The quantitative estimate of drug-likeness (QED) is 0.109. The molecule has 0 spiro atoms. The van der Waals surface area contributed by atoms with Crippen molar-refractivity contribution in [1.82, 2.24) is 29.4 Å². The number of carbonyl (C=O) groups excluding carboxylic acids is 12. The van der Waals surface area contributed by atoms with Gasteiger partial charge in [-0.05, 0) is 177 Å². The first-order valence-corrected chi connectivity index (χ1v) is 43.9. The number of hydrogen-bond donors (Lipinski definition) is 0. The number of allylic oxidation sites excluding steroid dienone is 18. The van der Waals surface area contributed by atoms with Gasteiger partial charge in [-0.25, -0.2) is 0 Å². The lowest BCUT2D eigenvalue weighted by Crippen LogP contribution is -2.46. The number of carbonyl (C=O) groups is 12. The van der Waals surface area contributed by atoms with Gasteiger partial charge in [-0.2, -0.15) is 0 Å². The normalized spacial score (nSPS) is 33.2. The number of fused-ring (bicyclic) bond motifs is 30. The van der Waals surface area contributed by atoms with Crippen LogP contribution in [0.3, 0.4) is 0 Å². The van der Waals surface area contributed by atoms with Crippen molar-refractivity contribution in [2.24, 2.45) is 142 Å². The molecule has 24 unspecified atom stereocenters. The summed E-state index contributed by atoms with van der Waals surface area (Å²) in [6.45, 7) is 33.6. The van der Waals surface area contributed by atoms with E-state index in [2.05, 4.69) is 190 Å². The fourth-order valence-corrected chi connectivity index (χ4v) is 21.3. The van der Waals surface area contributed by atoms with E-state index in [-0.39, 0.29) is 209 Å². The van der Waals surface area contributed by atoms with E-state index in [4.69, 9.17) is 0 Å². The van der Waals surface area contributed by atoms with Gasteiger partial charge in [-0.1, -0.05) is 236 Å². The standard InChI is InChI=1S/C26H24N2O4.C19H18N2O4.C13H12.2C10H11NO2.6C4H8/c29-23-19-15-4-5-16(9-15)20(19)24(30)27(23)11-13-2-1-3-14(8-13)12-28-25(31)21-17-6-7-18(10-17)22(21)26(28)32;22-16-12-8-1-2-9(5-8)13(12)17(23)20(16)7-21-18(24)14-10-3-4-11(6-10)15(14)19(21)25;1-3-7-12(8-4-1)11-13-9-5-2-6-10-13;2*1-11-9(12)7-5-2-3-6(4-5)8(7)10(11)13;6*1-3-4-2/h1-8,15-22H,9-12H2;1-4,8-15H,5-7H2;1-10H,11H2;2*2-3,5-8H,4H2,1H3;6*3H,1,4H2,2H3. The van der Waals surface area contributed by atoms with Gasteiger partial charge in [0, 0.05) is 14.1 Å². The Morgan fingerprint density at radius 2 is 0.417 bits per heavy atom. The maximum atomic E-state index is 13.0. The minimum absolute atomic E-state index is 0.0208. The Morgan fingerprint density at radius 3 is 0.600 bits per heavy atom. The number of rotatable bonds is 14. The number of nitrogens with zero attached hydrogens (tertiary/aromatic N) is 6. The highest BCUT2D eigenvalue weighted by Gasteiger charge is 2.65. The Bertz CT molecular complexity index is 4090. The highest BCUT2D eigenvalue weighted by atomic mass is 16.2. The van der Waals surface area contributed by atoms with Gasteiger partial charge in [-0.15, -0.1) is 39.5 Å². The van der Waals surface area contributed by atoms with Crippen molar-refractivity contribution in [2.75, 3.05) is 20.8 Å². The molecule has 21 rings (SSSR count). The summed E-state index contributed by atoms with van der Waals surface area (Å²) in [5.74, 6) is -0.126. The molecule has 12 aliphatic carbocycles. The third kappa shape index (κ3) is 18.1. The molecule has 0 radical (unpaired) electrons. The minimum Gasteiger partial charge on any atom is -0.285 e. The molecule has 3 aromatic carbocycles. The van der Waals surface area contributed by atoms with Crippen LogP contribution in [0.25, 0.3) is 0 Å². The summed E-state index contributed by atoms with van der Waals surface area (Å²) in [6.07, 6.45) is 49.4. The van der Waals surface area contributed by atoms with Gasteiger partial charge in [0.25, 0.3) is 0 Å². The highest BCUT2D eigenvalue weighted by molar-refractivity contribution is 6.11. The number of benzene rings is 3. The number of amides is 12. The van der Waals surface area contributed by atoms with Crippen LogP contribution in [-0.2, 0) is 77.0 Å². The zero-order valence-corrected chi connectivity index (χ0v) is 71.5. The van der Waals surface area contributed by atoms with Gasteiger partial charge in [0.2, 0.25) is 70.9 Å². The largest absolute Gasteiger partial charge is 0.285 e. The van der Waals surface area contributed by atoms with Gasteiger partial charge >= 0.3 is 0 Å². The lowest BCUT2D eigenvalue weighted by molar-refractivity contribution is -0.151.